The van der Waals surface area contributed by atoms with Crippen molar-refractivity contribution in [2.24, 2.45) is 5.92 Å². The van der Waals surface area contributed by atoms with Gasteiger partial charge in [-0.3, -0.25) is 19.4 Å². The van der Waals surface area contributed by atoms with Crippen molar-refractivity contribution in [3.8, 4) is 5.75 Å². The van der Waals surface area contributed by atoms with Crippen molar-refractivity contribution < 1.29 is 19.1 Å². The molecule has 8 heteroatoms. The van der Waals surface area contributed by atoms with E-state index >= 15 is 0 Å². The molecule has 1 aromatic rings. The van der Waals surface area contributed by atoms with Crippen LogP contribution in [0.2, 0.25) is 0 Å². The monoisotopic (exact) mass is 474 g/mol. The van der Waals surface area contributed by atoms with Crippen LogP contribution in [0, 0.1) is 5.92 Å². The third kappa shape index (κ3) is 8.89. The Morgan fingerprint density at radius 1 is 1.06 bits per heavy atom. The first kappa shape index (κ1) is 26.4. The molecule has 2 aliphatic heterocycles. The van der Waals surface area contributed by atoms with E-state index in [0.29, 0.717) is 44.3 Å². The van der Waals surface area contributed by atoms with E-state index in [9.17, 15) is 9.59 Å². The van der Waals surface area contributed by atoms with Crippen LogP contribution in [-0.2, 0) is 16.1 Å². The standard InChI is InChI=1S/C26H42N4O4/c1-21(2)9-12-30-19-23-22(26(32)28-11-13-29-14-17-33-18-15-29)7-6-8-24(23)34-16-5-3-4-10-27-25(31)20-30/h6-8,21H,3-5,9-20H2,1-2H3,(H,27,31)(H,28,32). The number of ether oxygens (including phenoxy) is 2. The van der Waals surface area contributed by atoms with Crippen molar-refractivity contribution >= 4 is 11.8 Å². The van der Waals surface area contributed by atoms with Gasteiger partial charge in [0.2, 0.25) is 5.91 Å². The van der Waals surface area contributed by atoms with Gasteiger partial charge in [-0.15, -0.1) is 0 Å². The van der Waals surface area contributed by atoms with E-state index in [1.807, 2.05) is 18.2 Å². The van der Waals surface area contributed by atoms with E-state index in [2.05, 4.69) is 34.3 Å². The molecule has 2 amide bonds. The molecule has 3 rings (SSSR count). The van der Waals surface area contributed by atoms with Crippen molar-refractivity contribution in [2.45, 2.75) is 46.1 Å². The number of hydrogen-bond donors (Lipinski definition) is 2. The largest absolute Gasteiger partial charge is 0.493 e. The van der Waals surface area contributed by atoms with Gasteiger partial charge in [-0.2, -0.15) is 0 Å². The van der Waals surface area contributed by atoms with E-state index in [1.54, 1.807) is 0 Å². The van der Waals surface area contributed by atoms with Gasteiger partial charge in [0.15, 0.2) is 0 Å². The molecule has 0 aromatic heterocycles. The van der Waals surface area contributed by atoms with Crippen LogP contribution in [0.1, 0.15) is 55.5 Å². The summed E-state index contributed by atoms with van der Waals surface area (Å²) in [6.07, 6.45) is 3.84. The summed E-state index contributed by atoms with van der Waals surface area (Å²) >= 11 is 0. The lowest BCUT2D eigenvalue weighted by Gasteiger charge is -2.27. The third-order valence-electron chi connectivity index (χ3n) is 6.37. The number of morpholine rings is 1. The highest BCUT2D eigenvalue weighted by atomic mass is 16.5. The molecule has 0 bridgehead atoms. The van der Waals surface area contributed by atoms with E-state index < -0.39 is 0 Å². The third-order valence-corrected chi connectivity index (χ3v) is 6.37. The first-order chi connectivity index (χ1) is 16.5. The molecule has 0 aliphatic carbocycles. The Hall–Kier alpha value is -2.16. The molecule has 190 valence electrons. The van der Waals surface area contributed by atoms with E-state index in [0.717, 1.165) is 76.4 Å². The SMILES string of the molecule is CC(C)CCN1CC(=O)NCCCCCOc2cccc(C(=O)NCCN3CCOCC3)c2C1. The van der Waals surface area contributed by atoms with Gasteiger partial charge in [-0.25, -0.2) is 0 Å². The molecule has 2 aliphatic rings. The molecule has 0 spiro atoms. The molecule has 2 N–H and O–H groups in total. The van der Waals surface area contributed by atoms with Gasteiger partial charge in [0.25, 0.3) is 5.91 Å². The van der Waals surface area contributed by atoms with Crippen molar-refractivity contribution in [1.82, 2.24) is 20.4 Å². The smallest absolute Gasteiger partial charge is 0.251 e. The number of fused-ring (bicyclic) bond motifs is 1. The summed E-state index contributed by atoms with van der Waals surface area (Å²) < 4.78 is 11.6. The predicted molar refractivity (Wildman–Crippen MR) is 133 cm³/mol. The molecule has 0 unspecified atom stereocenters. The zero-order valence-electron chi connectivity index (χ0n) is 20.9. The van der Waals surface area contributed by atoms with Crippen LogP contribution in [0.15, 0.2) is 18.2 Å². The topological polar surface area (TPSA) is 83.1 Å². The van der Waals surface area contributed by atoms with E-state index in [1.165, 1.54) is 0 Å². The van der Waals surface area contributed by atoms with Gasteiger partial charge >= 0.3 is 0 Å². The van der Waals surface area contributed by atoms with Crippen LogP contribution in [0.4, 0.5) is 0 Å². The molecule has 2 heterocycles. The second kappa shape index (κ2) is 14.3. The number of rotatable bonds is 7. The van der Waals surface area contributed by atoms with Crippen LogP contribution in [-0.4, -0.2) is 87.2 Å². The predicted octanol–water partition coefficient (Wildman–Crippen LogP) is 2.28. The van der Waals surface area contributed by atoms with Gasteiger partial charge in [-0.1, -0.05) is 19.9 Å². The number of hydrogen-bond acceptors (Lipinski definition) is 6. The minimum absolute atomic E-state index is 0.0397. The highest BCUT2D eigenvalue weighted by Crippen LogP contribution is 2.25. The molecule has 34 heavy (non-hydrogen) atoms. The first-order valence-electron chi connectivity index (χ1n) is 12.8. The molecular formula is C26H42N4O4. The summed E-state index contributed by atoms with van der Waals surface area (Å²) in [5.74, 6) is 1.22. The fraction of sp³-hybridized carbons (Fsp3) is 0.692. The maximum Gasteiger partial charge on any atom is 0.251 e. The Balaban J connectivity index is 1.76. The van der Waals surface area contributed by atoms with Gasteiger partial charge in [0, 0.05) is 50.4 Å². The minimum atomic E-state index is -0.0914. The molecule has 1 aromatic carbocycles. The molecule has 0 atom stereocenters. The lowest BCUT2D eigenvalue weighted by molar-refractivity contribution is -0.122. The lowest BCUT2D eigenvalue weighted by Crippen LogP contribution is -2.41. The average Bonchev–Trinajstić information content (AvgIpc) is 2.84. The number of carbonyl (C=O) groups is 2. The molecule has 1 fully saturated rings. The van der Waals surface area contributed by atoms with E-state index in [4.69, 9.17) is 9.47 Å². The van der Waals surface area contributed by atoms with E-state index in [-0.39, 0.29) is 11.8 Å². The van der Waals surface area contributed by atoms with Crippen LogP contribution in [0.3, 0.4) is 0 Å². The summed E-state index contributed by atoms with van der Waals surface area (Å²) in [5.41, 5.74) is 1.49. The summed E-state index contributed by atoms with van der Waals surface area (Å²) in [7, 11) is 0. The van der Waals surface area contributed by atoms with Gasteiger partial charge in [0.05, 0.1) is 26.4 Å². The summed E-state index contributed by atoms with van der Waals surface area (Å²) in [4.78, 5) is 30.2. The zero-order valence-corrected chi connectivity index (χ0v) is 20.9. The Labute approximate surface area is 204 Å². The summed E-state index contributed by atoms with van der Waals surface area (Å²) in [6, 6.07) is 5.70. The number of benzene rings is 1. The van der Waals surface area contributed by atoms with Crippen LogP contribution in [0.5, 0.6) is 5.75 Å². The average molecular weight is 475 g/mol. The van der Waals surface area contributed by atoms with Gasteiger partial charge in [-0.05, 0) is 50.3 Å². The quantitative estimate of drug-likeness (QED) is 0.631. The maximum atomic E-state index is 13.2. The highest BCUT2D eigenvalue weighted by molar-refractivity contribution is 5.96. The molecular weight excluding hydrogens is 432 g/mol. The Bertz CT molecular complexity index is 780. The van der Waals surface area contributed by atoms with Crippen LogP contribution >= 0.6 is 0 Å². The normalized spacial score (nSPS) is 19.2. The number of carbonyl (C=O) groups excluding carboxylic acids is 2. The minimum Gasteiger partial charge on any atom is -0.493 e. The Kier molecular flexibility index (Phi) is 11.1. The first-order valence-corrected chi connectivity index (χ1v) is 12.8. The molecule has 1 saturated heterocycles. The van der Waals surface area contributed by atoms with Crippen molar-refractivity contribution in [3.63, 3.8) is 0 Å². The summed E-state index contributed by atoms with van der Waals surface area (Å²) in [6.45, 7) is 12.0. The summed E-state index contributed by atoms with van der Waals surface area (Å²) in [5, 5.41) is 6.14. The Morgan fingerprint density at radius 2 is 1.88 bits per heavy atom. The lowest BCUT2D eigenvalue weighted by atomic mass is 10.0. The van der Waals surface area contributed by atoms with Crippen molar-refractivity contribution in [1.29, 1.82) is 0 Å². The van der Waals surface area contributed by atoms with Gasteiger partial charge in [0.1, 0.15) is 5.75 Å². The van der Waals surface area contributed by atoms with Crippen LogP contribution < -0.4 is 15.4 Å². The van der Waals surface area contributed by atoms with Crippen molar-refractivity contribution in [2.75, 3.05) is 65.6 Å². The Morgan fingerprint density at radius 3 is 2.68 bits per heavy atom. The number of amides is 2. The molecule has 8 nitrogen and oxygen atoms in total. The maximum absolute atomic E-state index is 13.2. The fourth-order valence-electron chi connectivity index (χ4n) is 4.28. The zero-order chi connectivity index (χ0) is 24.2. The van der Waals surface area contributed by atoms with Crippen molar-refractivity contribution in [3.05, 3.63) is 29.3 Å². The fourth-order valence-corrected chi connectivity index (χ4v) is 4.28. The molecule has 0 saturated carbocycles. The number of nitrogens with one attached hydrogen (secondary N) is 2. The highest BCUT2D eigenvalue weighted by Gasteiger charge is 2.21. The molecule has 0 radical (unpaired) electrons. The number of nitrogens with zero attached hydrogens (tertiary/aromatic N) is 2. The van der Waals surface area contributed by atoms with Gasteiger partial charge < -0.3 is 20.1 Å². The van der Waals surface area contributed by atoms with Crippen LogP contribution in [0.25, 0.3) is 0 Å². The second-order valence-electron chi connectivity index (χ2n) is 9.64. The second-order valence-corrected chi connectivity index (χ2v) is 9.64.